The fourth-order valence-corrected chi connectivity index (χ4v) is 3.58. The summed E-state index contributed by atoms with van der Waals surface area (Å²) in [5.41, 5.74) is 4.21. The van der Waals surface area contributed by atoms with Crippen molar-refractivity contribution in [1.82, 2.24) is 4.90 Å². The highest BCUT2D eigenvalue weighted by Gasteiger charge is 2.11. The maximum atomic E-state index is 4.09. The Kier molecular flexibility index (Phi) is 9.94. The zero-order valence-electron chi connectivity index (χ0n) is 17.4. The number of nitrogens with zero attached hydrogens (tertiary/aromatic N) is 1. The normalized spacial score (nSPS) is 12.3. The maximum Gasteiger partial charge on any atom is 0.0237 e. The van der Waals surface area contributed by atoms with E-state index in [9.17, 15) is 0 Å². The highest BCUT2D eigenvalue weighted by molar-refractivity contribution is 5.22. The van der Waals surface area contributed by atoms with E-state index in [1.165, 1.54) is 48.8 Å². The van der Waals surface area contributed by atoms with Gasteiger partial charge in [-0.25, -0.2) is 0 Å². The summed E-state index contributed by atoms with van der Waals surface area (Å²) in [6, 6.07) is 20.0. The third-order valence-electron chi connectivity index (χ3n) is 5.41. The van der Waals surface area contributed by atoms with Crippen molar-refractivity contribution in [2.24, 2.45) is 5.92 Å². The largest absolute Gasteiger partial charge is 0.295 e. The molecule has 0 N–H and O–H groups in total. The number of benzene rings is 2. The Hall–Kier alpha value is -1.86. The maximum absolute atomic E-state index is 4.09. The highest BCUT2D eigenvalue weighted by Crippen LogP contribution is 2.18. The number of allylic oxidation sites excluding steroid dienone is 1. The van der Waals surface area contributed by atoms with Crippen molar-refractivity contribution in [2.45, 2.75) is 65.5 Å². The van der Waals surface area contributed by atoms with E-state index in [4.69, 9.17) is 0 Å². The molecular weight excluding hydrogens is 326 g/mol. The summed E-state index contributed by atoms with van der Waals surface area (Å²) in [6.07, 6.45) is 9.71. The van der Waals surface area contributed by atoms with Crippen molar-refractivity contribution >= 4 is 0 Å². The zero-order valence-corrected chi connectivity index (χ0v) is 17.4. The van der Waals surface area contributed by atoms with E-state index >= 15 is 0 Å². The van der Waals surface area contributed by atoms with Gasteiger partial charge in [-0.15, -0.1) is 6.58 Å². The van der Waals surface area contributed by atoms with E-state index in [-0.39, 0.29) is 0 Å². The van der Waals surface area contributed by atoms with Crippen molar-refractivity contribution in [1.29, 1.82) is 0 Å². The van der Waals surface area contributed by atoms with Gasteiger partial charge in [-0.2, -0.15) is 0 Å². The van der Waals surface area contributed by atoms with E-state index in [1.807, 2.05) is 0 Å². The van der Waals surface area contributed by atoms with Gasteiger partial charge in [0.15, 0.2) is 0 Å². The minimum Gasteiger partial charge on any atom is -0.295 e. The molecule has 2 rings (SSSR count). The smallest absolute Gasteiger partial charge is 0.0237 e. The summed E-state index contributed by atoms with van der Waals surface area (Å²) in [4.78, 5) is 2.59. The molecule has 0 aliphatic heterocycles. The molecule has 146 valence electrons. The monoisotopic (exact) mass is 363 g/mol. The minimum absolute atomic E-state index is 0.636. The lowest BCUT2D eigenvalue weighted by atomic mass is 9.97. The quantitative estimate of drug-likeness (QED) is 0.273. The molecule has 0 saturated carbocycles. The first-order valence-electron chi connectivity index (χ1n) is 10.7. The molecule has 0 aromatic heterocycles. The number of rotatable bonds is 13. The molecule has 1 heteroatoms. The topological polar surface area (TPSA) is 3.24 Å². The van der Waals surface area contributed by atoms with Gasteiger partial charge in [0.2, 0.25) is 0 Å². The third kappa shape index (κ3) is 8.13. The number of unbranched alkanes of at least 4 members (excludes halogenated alkanes) is 2. The van der Waals surface area contributed by atoms with Gasteiger partial charge in [-0.3, -0.25) is 4.90 Å². The van der Waals surface area contributed by atoms with Crippen molar-refractivity contribution < 1.29 is 0 Å². The van der Waals surface area contributed by atoms with Crippen LogP contribution in [0, 0.1) is 5.92 Å². The molecule has 0 aliphatic rings. The zero-order chi connectivity index (χ0) is 19.3. The predicted octanol–water partition coefficient (Wildman–Crippen LogP) is 7.02. The molecule has 0 aliphatic carbocycles. The Morgan fingerprint density at radius 3 is 2.04 bits per heavy atom. The summed E-state index contributed by atoms with van der Waals surface area (Å²) in [5.74, 6) is 0.636. The number of aryl methyl sites for hydroxylation is 1. The first-order chi connectivity index (χ1) is 13.2. The van der Waals surface area contributed by atoms with Gasteiger partial charge < -0.3 is 0 Å². The summed E-state index contributed by atoms with van der Waals surface area (Å²) in [5, 5.41) is 0. The van der Waals surface area contributed by atoms with Crippen LogP contribution in [0.3, 0.4) is 0 Å². The molecule has 0 fully saturated rings. The van der Waals surface area contributed by atoms with Gasteiger partial charge in [0.1, 0.15) is 0 Å². The van der Waals surface area contributed by atoms with Gasteiger partial charge >= 0.3 is 0 Å². The average molecular weight is 364 g/mol. The second-order valence-corrected chi connectivity index (χ2v) is 7.65. The van der Waals surface area contributed by atoms with Crippen LogP contribution >= 0.6 is 0 Å². The molecule has 0 bridgehead atoms. The molecule has 0 heterocycles. The first-order valence-corrected chi connectivity index (χ1v) is 10.7. The third-order valence-corrected chi connectivity index (χ3v) is 5.41. The van der Waals surface area contributed by atoms with Crippen LogP contribution < -0.4 is 0 Å². The molecule has 1 atom stereocenters. The Morgan fingerprint density at radius 1 is 0.815 bits per heavy atom. The van der Waals surface area contributed by atoms with Gasteiger partial charge in [-0.1, -0.05) is 93.8 Å². The van der Waals surface area contributed by atoms with Crippen LogP contribution in [0.4, 0.5) is 0 Å². The van der Waals surface area contributed by atoms with Crippen LogP contribution in [-0.4, -0.2) is 11.4 Å². The van der Waals surface area contributed by atoms with Gasteiger partial charge in [-0.05, 0) is 48.4 Å². The standard InChI is InChI=1S/C26H37N/c1-4-7-9-12-23(5-2)19-20-27(21-25-13-10-8-11-14-25)22-26-17-15-24(6-3)16-18-26/h5,8,10-11,13-18,23H,2,4,6-7,9,12,19-22H2,1,3H3. The summed E-state index contributed by atoms with van der Waals surface area (Å²) in [7, 11) is 0. The van der Waals surface area contributed by atoms with Gasteiger partial charge in [0.25, 0.3) is 0 Å². The van der Waals surface area contributed by atoms with Gasteiger partial charge in [0, 0.05) is 13.1 Å². The van der Waals surface area contributed by atoms with Crippen LogP contribution in [0.5, 0.6) is 0 Å². The van der Waals surface area contributed by atoms with Crippen LogP contribution in [0.25, 0.3) is 0 Å². The Morgan fingerprint density at radius 2 is 1.44 bits per heavy atom. The first kappa shape index (κ1) is 21.4. The van der Waals surface area contributed by atoms with Crippen LogP contribution in [-0.2, 0) is 19.5 Å². The molecule has 2 aromatic carbocycles. The lowest BCUT2D eigenvalue weighted by molar-refractivity contribution is 0.240. The van der Waals surface area contributed by atoms with E-state index in [2.05, 4.69) is 86.0 Å². The molecule has 27 heavy (non-hydrogen) atoms. The lowest BCUT2D eigenvalue weighted by Gasteiger charge is -2.25. The molecule has 0 radical (unpaired) electrons. The molecule has 0 saturated heterocycles. The molecule has 0 spiro atoms. The fraction of sp³-hybridized carbons (Fsp3) is 0.462. The highest BCUT2D eigenvalue weighted by atomic mass is 15.1. The SMILES string of the molecule is C=CC(CCCCC)CCN(Cc1ccccc1)Cc1ccc(CC)cc1. The van der Waals surface area contributed by atoms with Crippen LogP contribution in [0.1, 0.15) is 62.6 Å². The van der Waals surface area contributed by atoms with E-state index in [1.54, 1.807) is 0 Å². The van der Waals surface area contributed by atoms with E-state index in [0.717, 1.165) is 26.1 Å². The Bertz CT molecular complexity index is 629. The average Bonchev–Trinajstić information content (AvgIpc) is 2.71. The van der Waals surface area contributed by atoms with Crippen molar-refractivity contribution in [3.05, 3.63) is 83.9 Å². The van der Waals surface area contributed by atoms with Crippen molar-refractivity contribution in [3.8, 4) is 0 Å². The number of hydrogen-bond donors (Lipinski definition) is 0. The fourth-order valence-electron chi connectivity index (χ4n) is 3.58. The molecule has 2 aromatic rings. The van der Waals surface area contributed by atoms with Crippen LogP contribution in [0.15, 0.2) is 67.3 Å². The van der Waals surface area contributed by atoms with E-state index in [0.29, 0.717) is 5.92 Å². The second-order valence-electron chi connectivity index (χ2n) is 7.65. The molecule has 1 nitrogen and oxygen atoms in total. The summed E-state index contributed by atoms with van der Waals surface area (Å²) < 4.78 is 0. The summed E-state index contributed by atoms with van der Waals surface area (Å²) >= 11 is 0. The molecule has 0 amide bonds. The Labute approximate surface area is 167 Å². The molecular formula is C26H37N. The lowest BCUT2D eigenvalue weighted by Crippen LogP contribution is -2.25. The van der Waals surface area contributed by atoms with Gasteiger partial charge in [0.05, 0.1) is 0 Å². The Balaban J connectivity index is 1.98. The molecule has 1 unspecified atom stereocenters. The van der Waals surface area contributed by atoms with Crippen molar-refractivity contribution in [2.75, 3.05) is 6.54 Å². The summed E-state index contributed by atoms with van der Waals surface area (Å²) in [6.45, 7) is 11.7. The van der Waals surface area contributed by atoms with Crippen molar-refractivity contribution in [3.63, 3.8) is 0 Å². The second kappa shape index (κ2) is 12.5. The number of hydrogen-bond acceptors (Lipinski definition) is 1. The predicted molar refractivity (Wildman–Crippen MR) is 119 cm³/mol. The van der Waals surface area contributed by atoms with E-state index < -0.39 is 0 Å². The minimum atomic E-state index is 0.636. The van der Waals surface area contributed by atoms with Crippen LogP contribution in [0.2, 0.25) is 0 Å².